The Hall–Kier alpha value is -3.09. The van der Waals surface area contributed by atoms with Crippen LogP contribution in [0.1, 0.15) is 5.56 Å². The molecule has 142 valence electrons. The predicted molar refractivity (Wildman–Crippen MR) is 98.7 cm³/mol. The van der Waals surface area contributed by atoms with Crippen LogP contribution in [-0.4, -0.2) is 54.5 Å². The van der Waals surface area contributed by atoms with Crippen LogP contribution >= 0.6 is 0 Å². The molecule has 0 unspecified atom stereocenters. The monoisotopic (exact) mass is 371 g/mol. The number of amides is 3. The van der Waals surface area contributed by atoms with Crippen molar-refractivity contribution in [2.24, 2.45) is 0 Å². The quantitative estimate of drug-likeness (QED) is 0.877. The van der Waals surface area contributed by atoms with Crippen LogP contribution in [0.2, 0.25) is 0 Å². The Bertz CT molecular complexity index is 760. The van der Waals surface area contributed by atoms with Crippen molar-refractivity contribution in [3.05, 3.63) is 66.0 Å². The molecule has 7 heteroatoms. The molecule has 3 rings (SSSR count). The van der Waals surface area contributed by atoms with Gasteiger partial charge >= 0.3 is 6.03 Å². The summed E-state index contributed by atoms with van der Waals surface area (Å²) in [6.07, 6.45) is 0. The number of hydrogen-bond acceptors (Lipinski definition) is 3. The van der Waals surface area contributed by atoms with Gasteiger partial charge in [0.2, 0.25) is 0 Å². The zero-order valence-corrected chi connectivity index (χ0v) is 14.9. The number of rotatable bonds is 5. The minimum absolute atomic E-state index is 0.105. The molecule has 0 atom stereocenters. The van der Waals surface area contributed by atoms with Crippen molar-refractivity contribution in [1.82, 2.24) is 15.1 Å². The molecule has 0 spiro atoms. The van der Waals surface area contributed by atoms with Gasteiger partial charge in [-0.05, 0) is 29.8 Å². The maximum Gasteiger partial charge on any atom is 0.317 e. The second-order valence-electron chi connectivity index (χ2n) is 6.25. The Kier molecular flexibility index (Phi) is 6.25. The number of urea groups is 1. The Labute approximate surface area is 157 Å². The highest BCUT2D eigenvalue weighted by molar-refractivity contribution is 5.79. The zero-order chi connectivity index (χ0) is 19.1. The van der Waals surface area contributed by atoms with Gasteiger partial charge in [0, 0.05) is 32.7 Å². The third kappa shape index (κ3) is 5.44. The minimum atomic E-state index is -0.352. The molecule has 6 nitrogen and oxygen atoms in total. The summed E-state index contributed by atoms with van der Waals surface area (Å²) in [6.45, 7) is 2.25. The predicted octanol–water partition coefficient (Wildman–Crippen LogP) is 2.26. The highest BCUT2D eigenvalue weighted by atomic mass is 19.1. The fourth-order valence-electron chi connectivity index (χ4n) is 2.81. The lowest BCUT2D eigenvalue weighted by atomic mass is 10.2. The molecule has 0 aliphatic carbocycles. The van der Waals surface area contributed by atoms with Crippen LogP contribution in [0.3, 0.4) is 0 Å². The van der Waals surface area contributed by atoms with Gasteiger partial charge in [0.05, 0.1) is 0 Å². The highest BCUT2D eigenvalue weighted by Gasteiger charge is 2.24. The normalized spacial score (nSPS) is 14.0. The molecule has 1 aliphatic rings. The first-order valence-corrected chi connectivity index (χ1v) is 8.84. The Balaban J connectivity index is 1.39. The van der Waals surface area contributed by atoms with Gasteiger partial charge < -0.3 is 19.9 Å². The van der Waals surface area contributed by atoms with Crippen molar-refractivity contribution in [2.45, 2.75) is 6.54 Å². The Morgan fingerprint density at radius 3 is 2.22 bits per heavy atom. The lowest BCUT2D eigenvalue weighted by Gasteiger charge is -2.34. The van der Waals surface area contributed by atoms with E-state index in [1.807, 2.05) is 30.3 Å². The van der Waals surface area contributed by atoms with Gasteiger partial charge in [-0.3, -0.25) is 4.79 Å². The molecular weight excluding hydrogens is 349 g/mol. The third-order valence-electron chi connectivity index (χ3n) is 4.38. The molecule has 1 aliphatic heterocycles. The topological polar surface area (TPSA) is 61.9 Å². The fraction of sp³-hybridized carbons (Fsp3) is 0.300. The summed E-state index contributed by atoms with van der Waals surface area (Å²) in [5, 5.41) is 2.89. The van der Waals surface area contributed by atoms with Crippen molar-refractivity contribution in [3.8, 4) is 5.75 Å². The maximum absolute atomic E-state index is 12.9. The van der Waals surface area contributed by atoms with Gasteiger partial charge in [-0.2, -0.15) is 0 Å². The number of carbonyl (C=O) groups is 2. The summed E-state index contributed by atoms with van der Waals surface area (Å²) in [7, 11) is 0. The zero-order valence-electron chi connectivity index (χ0n) is 14.9. The molecule has 0 saturated carbocycles. The first kappa shape index (κ1) is 18.7. The molecule has 2 aromatic rings. The standard InChI is InChI=1S/C20H22FN3O3/c21-17-6-8-18(9-7-17)27-15-19(25)23-10-12-24(13-11-23)20(26)22-14-16-4-2-1-3-5-16/h1-9H,10-15H2,(H,22,26). The molecule has 27 heavy (non-hydrogen) atoms. The Morgan fingerprint density at radius 1 is 0.926 bits per heavy atom. The number of nitrogens with zero attached hydrogens (tertiary/aromatic N) is 2. The smallest absolute Gasteiger partial charge is 0.317 e. The van der Waals surface area contributed by atoms with E-state index in [2.05, 4.69) is 5.32 Å². The van der Waals surface area contributed by atoms with Crippen LogP contribution < -0.4 is 10.1 Å². The summed E-state index contributed by atoms with van der Waals surface area (Å²) >= 11 is 0. The Morgan fingerprint density at radius 2 is 1.56 bits per heavy atom. The molecule has 0 radical (unpaired) electrons. The SMILES string of the molecule is O=C(COc1ccc(F)cc1)N1CCN(C(=O)NCc2ccccc2)CC1. The van der Waals surface area contributed by atoms with E-state index in [0.29, 0.717) is 38.5 Å². The number of benzene rings is 2. The number of ether oxygens (including phenoxy) is 1. The largest absolute Gasteiger partial charge is 0.484 e. The summed E-state index contributed by atoms with van der Waals surface area (Å²) < 4.78 is 18.2. The summed E-state index contributed by atoms with van der Waals surface area (Å²) in [4.78, 5) is 27.8. The number of nitrogens with one attached hydrogen (secondary N) is 1. The van der Waals surface area contributed by atoms with Crippen LogP contribution in [0.5, 0.6) is 5.75 Å². The van der Waals surface area contributed by atoms with E-state index in [1.165, 1.54) is 24.3 Å². The van der Waals surface area contributed by atoms with E-state index in [-0.39, 0.29) is 24.4 Å². The number of carbonyl (C=O) groups excluding carboxylic acids is 2. The molecule has 1 N–H and O–H groups in total. The lowest BCUT2D eigenvalue weighted by Crippen LogP contribution is -2.53. The van der Waals surface area contributed by atoms with Crippen molar-refractivity contribution in [3.63, 3.8) is 0 Å². The molecule has 3 amide bonds. The second kappa shape index (κ2) is 9.02. The van der Waals surface area contributed by atoms with E-state index in [4.69, 9.17) is 4.74 Å². The summed E-state index contributed by atoms with van der Waals surface area (Å²) in [6, 6.07) is 15.1. The van der Waals surface area contributed by atoms with Crippen molar-refractivity contribution in [1.29, 1.82) is 0 Å². The molecule has 2 aromatic carbocycles. The van der Waals surface area contributed by atoms with E-state index in [1.54, 1.807) is 9.80 Å². The minimum Gasteiger partial charge on any atom is -0.484 e. The lowest BCUT2D eigenvalue weighted by molar-refractivity contribution is -0.134. The van der Waals surface area contributed by atoms with Gasteiger partial charge in [-0.15, -0.1) is 0 Å². The average molecular weight is 371 g/mol. The van der Waals surface area contributed by atoms with Crippen LogP contribution in [-0.2, 0) is 11.3 Å². The van der Waals surface area contributed by atoms with E-state index in [0.717, 1.165) is 5.56 Å². The highest BCUT2D eigenvalue weighted by Crippen LogP contribution is 2.11. The molecular formula is C20H22FN3O3. The second-order valence-corrected chi connectivity index (χ2v) is 6.25. The van der Waals surface area contributed by atoms with Crippen molar-refractivity contribution in [2.75, 3.05) is 32.8 Å². The van der Waals surface area contributed by atoms with Crippen molar-refractivity contribution >= 4 is 11.9 Å². The molecule has 1 heterocycles. The third-order valence-corrected chi connectivity index (χ3v) is 4.38. The van der Waals surface area contributed by atoms with Gasteiger partial charge in [-0.1, -0.05) is 30.3 Å². The maximum atomic E-state index is 12.9. The number of hydrogen-bond donors (Lipinski definition) is 1. The van der Waals surface area contributed by atoms with Gasteiger partial charge in [-0.25, -0.2) is 9.18 Å². The van der Waals surface area contributed by atoms with Crippen molar-refractivity contribution < 1.29 is 18.7 Å². The van der Waals surface area contributed by atoms with E-state index in [9.17, 15) is 14.0 Å². The average Bonchev–Trinajstić information content (AvgIpc) is 2.72. The molecule has 1 saturated heterocycles. The van der Waals surface area contributed by atoms with Crippen LogP contribution in [0.4, 0.5) is 9.18 Å². The van der Waals surface area contributed by atoms with Crippen LogP contribution in [0.25, 0.3) is 0 Å². The molecule has 0 bridgehead atoms. The van der Waals surface area contributed by atoms with Crippen LogP contribution in [0, 0.1) is 5.82 Å². The van der Waals surface area contributed by atoms with E-state index < -0.39 is 0 Å². The van der Waals surface area contributed by atoms with Gasteiger partial charge in [0.15, 0.2) is 6.61 Å². The van der Waals surface area contributed by atoms with Crippen LogP contribution in [0.15, 0.2) is 54.6 Å². The molecule has 1 fully saturated rings. The van der Waals surface area contributed by atoms with E-state index >= 15 is 0 Å². The summed E-state index contributed by atoms with van der Waals surface area (Å²) in [5.41, 5.74) is 1.04. The number of piperazine rings is 1. The molecule has 0 aromatic heterocycles. The van der Waals surface area contributed by atoms with Gasteiger partial charge in [0.25, 0.3) is 5.91 Å². The van der Waals surface area contributed by atoms with Gasteiger partial charge in [0.1, 0.15) is 11.6 Å². The first-order valence-electron chi connectivity index (χ1n) is 8.84. The number of halogens is 1. The fourth-order valence-corrected chi connectivity index (χ4v) is 2.81. The first-order chi connectivity index (χ1) is 13.1. The summed E-state index contributed by atoms with van der Waals surface area (Å²) in [5.74, 6) is -0.0531.